The van der Waals surface area contributed by atoms with Gasteiger partial charge in [-0.3, -0.25) is 4.79 Å². The Morgan fingerprint density at radius 1 is 1.26 bits per heavy atom. The van der Waals surface area contributed by atoms with Crippen LogP contribution in [0.25, 0.3) is 0 Å². The number of benzene rings is 1. The SMILES string of the molecule is CC(C)(C)OC(=O)NC1(C(=O)N2CCCC(Cc3ccc(F)cc3)C2)CC1. The lowest BCUT2D eigenvalue weighted by Crippen LogP contribution is -2.54. The standard InChI is InChI=1S/C21H29FN2O3/c1-20(2,3)27-19(26)23-21(10-11-21)18(25)24-12-4-5-16(14-24)13-15-6-8-17(22)9-7-15/h6-9,16H,4-5,10-14H2,1-3H3,(H,23,26). The van der Waals surface area contributed by atoms with Crippen LogP contribution in [0, 0.1) is 11.7 Å². The summed E-state index contributed by atoms with van der Waals surface area (Å²) in [6.45, 7) is 6.81. The minimum absolute atomic E-state index is 0.00262. The average molecular weight is 376 g/mol. The van der Waals surface area contributed by atoms with Crippen LogP contribution in [0.15, 0.2) is 24.3 Å². The fraction of sp³-hybridized carbons (Fsp3) is 0.619. The predicted molar refractivity (Wildman–Crippen MR) is 101 cm³/mol. The lowest BCUT2D eigenvalue weighted by Gasteiger charge is -2.35. The summed E-state index contributed by atoms with van der Waals surface area (Å²) < 4.78 is 18.4. The number of nitrogens with zero attached hydrogens (tertiary/aromatic N) is 1. The van der Waals surface area contributed by atoms with E-state index in [1.54, 1.807) is 20.8 Å². The lowest BCUT2D eigenvalue weighted by atomic mass is 9.91. The summed E-state index contributed by atoms with van der Waals surface area (Å²) >= 11 is 0. The smallest absolute Gasteiger partial charge is 0.408 e. The van der Waals surface area contributed by atoms with Crippen molar-refractivity contribution in [3.8, 4) is 0 Å². The van der Waals surface area contributed by atoms with Gasteiger partial charge in [0.15, 0.2) is 0 Å². The molecule has 27 heavy (non-hydrogen) atoms. The van der Waals surface area contributed by atoms with Gasteiger partial charge in [-0.15, -0.1) is 0 Å². The maximum absolute atomic E-state index is 13.1. The van der Waals surface area contributed by atoms with E-state index in [1.807, 2.05) is 17.0 Å². The number of likely N-dealkylation sites (tertiary alicyclic amines) is 1. The number of ether oxygens (including phenoxy) is 1. The zero-order valence-electron chi connectivity index (χ0n) is 16.4. The van der Waals surface area contributed by atoms with Crippen molar-refractivity contribution < 1.29 is 18.7 Å². The molecule has 1 aromatic carbocycles. The summed E-state index contributed by atoms with van der Waals surface area (Å²) in [5.41, 5.74) is -0.293. The molecular formula is C21H29FN2O3. The Labute approximate surface area is 160 Å². The second kappa shape index (κ2) is 7.49. The molecule has 0 radical (unpaired) electrons. The molecule has 1 aliphatic heterocycles. The van der Waals surface area contributed by atoms with E-state index in [2.05, 4.69) is 5.32 Å². The van der Waals surface area contributed by atoms with Crippen LogP contribution in [0.3, 0.4) is 0 Å². The molecule has 148 valence electrons. The second-order valence-corrected chi connectivity index (χ2v) is 8.80. The quantitative estimate of drug-likeness (QED) is 0.872. The molecular weight excluding hydrogens is 347 g/mol. The summed E-state index contributed by atoms with van der Waals surface area (Å²) in [7, 11) is 0. The van der Waals surface area contributed by atoms with Gasteiger partial charge >= 0.3 is 6.09 Å². The molecule has 0 aromatic heterocycles. The van der Waals surface area contributed by atoms with Crippen LogP contribution in [0.1, 0.15) is 52.0 Å². The molecule has 1 unspecified atom stereocenters. The second-order valence-electron chi connectivity index (χ2n) is 8.80. The van der Waals surface area contributed by atoms with Gasteiger partial charge in [0, 0.05) is 13.1 Å². The predicted octanol–water partition coefficient (Wildman–Crippen LogP) is 3.66. The zero-order chi connectivity index (χ0) is 19.7. The Morgan fingerprint density at radius 2 is 1.93 bits per heavy atom. The van der Waals surface area contributed by atoms with Crippen molar-refractivity contribution in [1.82, 2.24) is 10.2 Å². The number of amides is 2. The van der Waals surface area contributed by atoms with Crippen molar-refractivity contribution in [1.29, 1.82) is 0 Å². The van der Waals surface area contributed by atoms with Crippen LogP contribution in [0.5, 0.6) is 0 Å². The number of piperidine rings is 1. The van der Waals surface area contributed by atoms with E-state index in [4.69, 9.17) is 4.74 Å². The highest BCUT2D eigenvalue weighted by Gasteiger charge is 2.54. The van der Waals surface area contributed by atoms with E-state index in [9.17, 15) is 14.0 Å². The van der Waals surface area contributed by atoms with Gasteiger partial charge in [0.25, 0.3) is 0 Å². The number of carbonyl (C=O) groups excluding carboxylic acids is 2. The monoisotopic (exact) mass is 376 g/mol. The molecule has 2 fully saturated rings. The Balaban J connectivity index is 1.57. The summed E-state index contributed by atoms with van der Waals surface area (Å²) in [6, 6.07) is 6.57. The first kappa shape index (κ1) is 19.6. The zero-order valence-corrected chi connectivity index (χ0v) is 16.4. The van der Waals surface area contributed by atoms with E-state index >= 15 is 0 Å². The minimum Gasteiger partial charge on any atom is -0.444 e. The largest absolute Gasteiger partial charge is 0.444 e. The van der Waals surface area contributed by atoms with Gasteiger partial charge in [-0.05, 0) is 76.5 Å². The number of alkyl carbamates (subject to hydrolysis) is 1. The molecule has 1 aliphatic carbocycles. The van der Waals surface area contributed by atoms with Crippen molar-refractivity contribution in [3.63, 3.8) is 0 Å². The number of carbonyl (C=O) groups is 2. The van der Waals surface area contributed by atoms with E-state index in [1.165, 1.54) is 12.1 Å². The molecule has 2 amide bonds. The van der Waals surface area contributed by atoms with Crippen molar-refractivity contribution in [3.05, 3.63) is 35.6 Å². The fourth-order valence-corrected chi connectivity index (χ4v) is 3.69. The highest BCUT2D eigenvalue weighted by molar-refractivity contribution is 5.93. The molecule has 1 saturated carbocycles. The van der Waals surface area contributed by atoms with Crippen LogP contribution in [-0.2, 0) is 16.0 Å². The van der Waals surface area contributed by atoms with Gasteiger partial charge in [-0.1, -0.05) is 12.1 Å². The van der Waals surface area contributed by atoms with Crippen LogP contribution in [0.2, 0.25) is 0 Å². The molecule has 0 spiro atoms. The molecule has 2 aliphatic rings. The number of hydrogen-bond acceptors (Lipinski definition) is 3. The Bertz CT molecular complexity index is 692. The topological polar surface area (TPSA) is 58.6 Å². The minimum atomic E-state index is -0.792. The van der Waals surface area contributed by atoms with Crippen LogP contribution in [0.4, 0.5) is 9.18 Å². The molecule has 3 rings (SSSR count). The molecule has 5 nitrogen and oxygen atoms in total. The van der Waals surface area contributed by atoms with Crippen molar-refractivity contribution in [2.75, 3.05) is 13.1 Å². The molecule has 6 heteroatoms. The molecule has 0 bridgehead atoms. The van der Waals surface area contributed by atoms with Gasteiger partial charge in [-0.2, -0.15) is 0 Å². The Hall–Kier alpha value is -2.11. The third-order valence-corrected chi connectivity index (χ3v) is 5.14. The molecule has 1 atom stereocenters. The maximum Gasteiger partial charge on any atom is 0.408 e. The van der Waals surface area contributed by atoms with Gasteiger partial charge in [0.2, 0.25) is 5.91 Å². The fourth-order valence-electron chi connectivity index (χ4n) is 3.69. The molecule has 1 saturated heterocycles. The van der Waals surface area contributed by atoms with E-state index < -0.39 is 17.2 Å². The van der Waals surface area contributed by atoms with Gasteiger partial charge in [0.1, 0.15) is 17.0 Å². The average Bonchev–Trinajstić information content (AvgIpc) is 3.35. The summed E-state index contributed by atoms with van der Waals surface area (Å²) in [4.78, 5) is 27.0. The molecule has 1 aromatic rings. The van der Waals surface area contributed by atoms with Crippen molar-refractivity contribution in [2.45, 2.75) is 64.0 Å². The highest BCUT2D eigenvalue weighted by atomic mass is 19.1. The first-order valence-corrected chi connectivity index (χ1v) is 9.72. The van der Waals surface area contributed by atoms with Crippen LogP contribution in [-0.4, -0.2) is 41.1 Å². The third kappa shape index (κ3) is 5.21. The summed E-state index contributed by atoms with van der Waals surface area (Å²) in [5, 5.41) is 2.80. The highest BCUT2D eigenvalue weighted by Crippen LogP contribution is 2.38. The maximum atomic E-state index is 13.1. The van der Waals surface area contributed by atoms with Crippen molar-refractivity contribution >= 4 is 12.0 Å². The van der Waals surface area contributed by atoms with Crippen LogP contribution >= 0.6 is 0 Å². The number of rotatable bonds is 4. The normalized spacial score (nSPS) is 21.5. The Kier molecular flexibility index (Phi) is 5.45. The lowest BCUT2D eigenvalue weighted by molar-refractivity contribution is -0.136. The number of hydrogen-bond donors (Lipinski definition) is 1. The first-order chi connectivity index (χ1) is 12.7. The third-order valence-electron chi connectivity index (χ3n) is 5.14. The summed E-state index contributed by atoms with van der Waals surface area (Å²) in [5.74, 6) is 0.116. The number of nitrogens with one attached hydrogen (secondary N) is 1. The summed E-state index contributed by atoms with van der Waals surface area (Å²) in [6.07, 6.45) is 3.60. The van der Waals surface area contributed by atoms with E-state index in [0.29, 0.717) is 25.3 Å². The van der Waals surface area contributed by atoms with Crippen LogP contribution < -0.4 is 5.32 Å². The van der Waals surface area contributed by atoms with Gasteiger partial charge in [0.05, 0.1) is 0 Å². The van der Waals surface area contributed by atoms with Gasteiger partial charge < -0.3 is 15.0 Å². The first-order valence-electron chi connectivity index (χ1n) is 9.72. The molecule has 1 N–H and O–H groups in total. The van der Waals surface area contributed by atoms with Gasteiger partial charge in [-0.25, -0.2) is 9.18 Å². The molecule has 1 heterocycles. The number of halogens is 1. The van der Waals surface area contributed by atoms with Crippen molar-refractivity contribution in [2.24, 2.45) is 5.92 Å². The van der Waals surface area contributed by atoms with E-state index in [-0.39, 0.29) is 11.7 Å². The Morgan fingerprint density at radius 3 is 2.52 bits per heavy atom. The van der Waals surface area contributed by atoms with E-state index in [0.717, 1.165) is 31.4 Å².